The van der Waals surface area contributed by atoms with Crippen LogP contribution in [0.3, 0.4) is 0 Å². The highest BCUT2D eigenvalue weighted by molar-refractivity contribution is 6.66. The molecule has 0 aliphatic heterocycles. The molecule has 0 heterocycles. The standard InChI is InChI=1S/C4H2ClF6N/c5-2(4(9,10)11)12-1-3(6,7)8/h1H2. The summed E-state index contributed by atoms with van der Waals surface area (Å²) >= 11 is 4.39. The molecule has 0 spiro atoms. The number of halogens is 7. The number of hydrogen-bond acceptors (Lipinski definition) is 1. The van der Waals surface area contributed by atoms with Crippen LogP contribution in [-0.2, 0) is 0 Å². The van der Waals surface area contributed by atoms with Gasteiger partial charge in [0.2, 0.25) is 5.17 Å². The molecule has 8 heteroatoms. The lowest BCUT2D eigenvalue weighted by Crippen LogP contribution is -2.20. The molecule has 0 aliphatic rings. The van der Waals surface area contributed by atoms with E-state index in [4.69, 9.17) is 0 Å². The number of rotatable bonds is 1. The Balaban J connectivity index is 4.21. The minimum absolute atomic E-state index is 1.93. The Morgan fingerprint density at radius 3 is 1.75 bits per heavy atom. The molecule has 0 unspecified atom stereocenters. The van der Waals surface area contributed by atoms with Gasteiger partial charge in [-0.2, -0.15) is 26.3 Å². The van der Waals surface area contributed by atoms with Gasteiger partial charge in [-0.15, -0.1) is 0 Å². The summed E-state index contributed by atoms with van der Waals surface area (Å²) in [6.07, 6.45) is -9.78. The van der Waals surface area contributed by atoms with Gasteiger partial charge >= 0.3 is 12.4 Å². The lowest BCUT2D eigenvalue weighted by molar-refractivity contribution is -0.118. The molecular weight excluding hydrogens is 211 g/mol. The average Bonchev–Trinajstić information content (AvgIpc) is 1.78. The zero-order valence-electron chi connectivity index (χ0n) is 5.30. The Bertz CT molecular complexity index is 179. The summed E-state index contributed by atoms with van der Waals surface area (Å²) in [7, 11) is 0. The van der Waals surface area contributed by atoms with Gasteiger partial charge in [0.25, 0.3) is 0 Å². The Kier molecular flexibility index (Phi) is 3.37. The maximum atomic E-state index is 11.4. The zero-order valence-corrected chi connectivity index (χ0v) is 6.06. The van der Waals surface area contributed by atoms with Crippen LogP contribution in [0.5, 0.6) is 0 Å². The van der Waals surface area contributed by atoms with Crippen LogP contribution in [0.15, 0.2) is 4.99 Å². The molecule has 1 nitrogen and oxygen atoms in total. The summed E-state index contributed by atoms with van der Waals surface area (Å²) in [5.74, 6) is 0. The highest BCUT2D eigenvalue weighted by Gasteiger charge is 2.36. The second-order valence-corrected chi connectivity index (χ2v) is 2.08. The lowest BCUT2D eigenvalue weighted by atomic mass is 10.6. The molecule has 0 saturated heterocycles. The van der Waals surface area contributed by atoms with Crippen molar-refractivity contribution in [2.24, 2.45) is 4.99 Å². The first-order valence-corrected chi connectivity index (χ1v) is 2.84. The Labute approximate surface area is 68.0 Å². The SMILES string of the molecule is FC(F)(F)CN=C(Cl)C(F)(F)F. The van der Waals surface area contributed by atoms with E-state index in [1.807, 2.05) is 0 Å². The van der Waals surface area contributed by atoms with Gasteiger partial charge in [0.1, 0.15) is 6.54 Å². The average molecular weight is 214 g/mol. The third-order valence-electron chi connectivity index (χ3n) is 0.631. The zero-order chi connectivity index (χ0) is 9.99. The van der Waals surface area contributed by atoms with Crippen LogP contribution in [0.2, 0.25) is 0 Å². The smallest absolute Gasteiger partial charge is 0.260 e. The van der Waals surface area contributed by atoms with Crippen molar-refractivity contribution >= 4 is 16.8 Å². The van der Waals surface area contributed by atoms with Crippen LogP contribution in [0.25, 0.3) is 0 Å². The Morgan fingerprint density at radius 2 is 1.50 bits per heavy atom. The van der Waals surface area contributed by atoms with Crippen molar-refractivity contribution in [3.8, 4) is 0 Å². The normalized spacial score (nSPS) is 15.1. The third kappa shape index (κ3) is 5.22. The third-order valence-corrected chi connectivity index (χ3v) is 0.965. The molecule has 0 aliphatic carbocycles. The molecule has 72 valence electrons. The molecule has 12 heavy (non-hydrogen) atoms. The van der Waals surface area contributed by atoms with Crippen LogP contribution in [0, 0.1) is 0 Å². The van der Waals surface area contributed by atoms with Gasteiger partial charge in [0.05, 0.1) is 0 Å². The summed E-state index contributed by atoms with van der Waals surface area (Å²) in [4.78, 5) is 2.10. The first kappa shape index (κ1) is 11.5. The maximum absolute atomic E-state index is 11.4. The van der Waals surface area contributed by atoms with E-state index in [2.05, 4.69) is 16.6 Å². The molecule has 0 saturated carbocycles. The Hall–Kier alpha value is -0.460. The fourth-order valence-corrected chi connectivity index (χ4v) is 0.308. The summed E-state index contributed by atoms with van der Waals surface area (Å²) in [5, 5.41) is -2.00. The van der Waals surface area contributed by atoms with Gasteiger partial charge in [-0.3, -0.25) is 4.99 Å². The Morgan fingerprint density at radius 1 is 1.08 bits per heavy atom. The van der Waals surface area contributed by atoms with Crippen molar-refractivity contribution in [3.63, 3.8) is 0 Å². The van der Waals surface area contributed by atoms with Crippen LogP contribution >= 0.6 is 11.6 Å². The first-order chi connectivity index (χ1) is 5.13. The van der Waals surface area contributed by atoms with Gasteiger partial charge < -0.3 is 0 Å². The number of hydrogen-bond donors (Lipinski definition) is 0. The lowest BCUT2D eigenvalue weighted by Gasteiger charge is -2.04. The molecule has 0 aromatic heterocycles. The molecule has 0 bridgehead atoms. The van der Waals surface area contributed by atoms with Crippen LogP contribution in [0.4, 0.5) is 26.3 Å². The molecule has 0 aromatic carbocycles. The minimum Gasteiger partial charge on any atom is -0.260 e. The highest BCUT2D eigenvalue weighted by Crippen LogP contribution is 2.22. The second-order valence-electron chi connectivity index (χ2n) is 1.72. The van der Waals surface area contributed by atoms with Gasteiger partial charge in [0.15, 0.2) is 0 Å². The largest absolute Gasteiger partial charge is 0.444 e. The summed E-state index contributed by atoms with van der Waals surface area (Å²) in [5.41, 5.74) is 0. The van der Waals surface area contributed by atoms with Crippen LogP contribution < -0.4 is 0 Å². The van der Waals surface area contributed by atoms with Crippen LogP contribution in [0.1, 0.15) is 0 Å². The summed E-state index contributed by atoms with van der Waals surface area (Å²) in [6.45, 7) is -1.93. The van der Waals surface area contributed by atoms with Crippen LogP contribution in [-0.4, -0.2) is 24.1 Å². The molecule has 0 N–H and O–H groups in total. The predicted molar refractivity (Wildman–Crippen MR) is 30.3 cm³/mol. The monoisotopic (exact) mass is 213 g/mol. The van der Waals surface area contributed by atoms with Crippen molar-refractivity contribution in [2.75, 3.05) is 6.54 Å². The van der Waals surface area contributed by atoms with Gasteiger partial charge in [-0.25, -0.2) is 0 Å². The number of nitrogens with zero attached hydrogens (tertiary/aromatic N) is 1. The topological polar surface area (TPSA) is 12.4 Å². The number of aliphatic imine (C=N–C) groups is 1. The van der Waals surface area contributed by atoms with Crippen molar-refractivity contribution in [1.82, 2.24) is 0 Å². The maximum Gasteiger partial charge on any atom is 0.444 e. The van der Waals surface area contributed by atoms with E-state index in [9.17, 15) is 26.3 Å². The van der Waals surface area contributed by atoms with E-state index in [0.29, 0.717) is 0 Å². The van der Waals surface area contributed by atoms with Gasteiger partial charge in [0, 0.05) is 0 Å². The van der Waals surface area contributed by atoms with Crippen molar-refractivity contribution in [1.29, 1.82) is 0 Å². The van der Waals surface area contributed by atoms with Gasteiger partial charge in [-0.1, -0.05) is 11.6 Å². The molecule has 0 radical (unpaired) electrons. The molecule has 0 atom stereocenters. The van der Waals surface area contributed by atoms with Crippen molar-refractivity contribution < 1.29 is 26.3 Å². The summed E-state index contributed by atoms with van der Waals surface area (Å²) in [6, 6.07) is 0. The van der Waals surface area contributed by atoms with E-state index in [1.165, 1.54) is 0 Å². The second kappa shape index (κ2) is 3.51. The van der Waals surface area contributed by atoms with E-state index in [-0.39, 0.29) is 0 Å². The molecule has 0 fully saturated rings. The molecular formula is C4H2ClF6N. The quantitative estimate of drug-likeness (QED) is 0.469. The first-order valence-electron chi connectivity index (χ1n) is 2.47. The fourth-order valence-electron chi connectivity index (χ4n) is 0.249. The minimum atomic E-state index is -5.01. The van der Waals surface area contributed by atoms with E-state index < -0.39 is 24.1 Å². The van der Waals surface area contributed by atoms with Gasteiger partial charge in [-0.05, 0) is 0 Å². The molecule has 0 amide bonds. The molecule has 0 rings (SSSR count). The predicted octanol–water partition coefficient (Wildman–Crippen LogP) is 2.75. The number of alkyl halides is 6. The summed E-state index contributed by atoms with van der Waals surface area (Å²) < 4.78 is 68.0. The fraction of sp³-hybridized carbons (Fsp3) is 0.750. The van der Waals surface area contributed by atoms with Crippen molar-refractivity contribution in [3.05, 3.63) is 0 Å². The van der Waals surface area contributed by atoms with E-state index in [0.717, 1.165) is 0 Å². The van der Waals surface area contributed by atoms with E-state index in [1.54, 1.807) is 0 Å². The van der Waals surface area contributed by atoms with Crippen molar-refractivity contribution in [2.45, 2.75) is 12.4 Å². The van der Waals surface area contributed by atoms with E-state index >= 15 is 0 Å². The highest BCUT2D eigenvalue weighted by atomic mass is 35.5. The molecule has 0 aromatic rings.